The number of rotatable bonds is 5. The second-order valence-corrected chi connectivity index (χ2v) is 8.08. The van der Waals surface area contributed by atoms with E-state index in [2.05, 4.69) is 5.32 Å². The normalized spacial score (nSPS) is 26.7. The van der Waals surface area contributed by atoms with Crippen molar-refractivity contribution in [3.63, 3.8) is 0 Å². The van der Waals surface area contributed by atoms with Crippen molar-refractivity contribution in [1.29, 1.82) is 0 Å². The molecule has 0 aromatic heterocycles. The zero-order valence-corrected chi connectivity index (χ0v) is 17.8. The number of amides is 1. The highest BCUT2D eigenvalue weighted by Gasteiger charge is 2.40. The highest BCUT2D eigenvalue weighted by atomic mass is 35.5. The third-order valence-electron chi connectivity index (χ3n) is 5.85. The Balaban J connectivity index is 0.00000182. The van der Waals surface area contributed by atoms with Crippen LogP contribution < -0.4 is 11.1 Å². The van der Waals surface area contributed by atoms with Gasteiger partial charge in [-0.3, -0.25) is 4.79 Å². The van der Waals surface area contributed by atoms with Crippen LogP contribution in [0.2, 0.25) is 0 Å². The molecule has 2 bridgehead atoms. The van der Waals surface area contributed by atoms with Crippen molar-refractivity contribution < 1.29 is 9.18 Å². The number of nitrogens with zero attached hydrogens (tertiary/aromatic N) is 1. The third-order valence-corrected chi connectivity index (χ3v) is 5.85. The summed E-state index contributed by atoms with van der Waals surface area (Å²) in [6.45, 7) is 1.01. The van der Waals surface area contributed by atoms with E-state index in [1.807, 2.05) is 25.1 Å². The molecule has 3 N–H and O–H groups in total. The van der Waals surface area contributed by atoms with Crippen molar-refractivity contribution in [2.75, 3.05) is 14.1 Å². The fraction of sp³-hybridized carbons (Fsp3) is 0.650. The molecule has 1 aromatic carbocycles. The van der Waals surface area contributed by atoms with Gasteiger partial charge < -0.3 is 16.0 Å². The van der Waals surface area contributed by atoms with Crippen LogP contribution in [-0.2, 0) is 17.9 Å². The molecule has 0 radical (unpaired) electrons. The average molecular weight is 420 g/mol. The van der Waals surface area contributed by atoms with Gasteiger partial charge in [0.2, 0.25) is 5.91 Å². The van der Waals surface area contributed by atoms with E-state index in [0.717, 1.165) is 31.2 Å². The molecule has 2 atom stereocenters. The summed E-state index contributed by atoms with van der Waals surface area (Å²) in [4.78, 5) is 14.5. The maximum Gasteiger partial charge on any atom is 0.223 e. The molecule has 3 rings (SSSR count). The number of hydrogen-bond acceptors (Lipinski definition) is 3. The molecule has 0 heterocycles. The molecule has 1 amide bonds. The minimum absolute atomic E-state index is 0. The van der Waals surface area contributed by atoms with E-state index in [0.29, 0.717) is 30.5 Å². The van der Waals surface area contributed by atoms with Crippen LogP contribution in [-0.4, -0.2) is 30.9 Å². The number of fused-ring (bicyclic) bond motifs is 2. The number of carbonyl (C=O) groups is 1. The Morgan fingerprint density at radius 3 is 2.44 bits per heavy atom. The van der Waals surface area contributed by atoms with Gasteiger partial charge in [-0.05, 0) is 69.3 Å². The monoisotopic (exact) mass is 419 g/mol. The van der Waals surface area contributed by atoms with Gasteiger partial charge in [0.25, 0.3) is 0 Å². The summed E-state index contributed by atoms with van der Waals surface area (Å²) in [5.41, 5.74) is 7.92. The summed E-state index contributed by atoms with van der Waals surface area (Å²) in [5, 5.41) is 3.06. The molecular weight excluding hydrogens is 388 g/mol. The van der Waals surface area contributed by atoms with Gasteiger partial charge in [-0.15, -0.1) is 24.8 Å². The van der Waals surface area contributed by atoms with Crippen LogP contribution in [0.25, 0.3) is 0 Å². The molecule has 0 aliphatic heterocycles. The van der Waals surface area contributed by atoms with Gasteiger partial charge in [0.15, 0.2) is 0 Å². The number of nitrogens with one attached hydrogen (secondary N) is 1. The first kappa shape index (κ1) is 24.2. The lowest BCUT2D eigenvalue weighted by Gasteiger charge is -2.43. The number of hydrogen-bond donors (Lipinski definition) is 2. The summed E-state index contributed by atoms with van der Waals surface area (Å²) in [7, 11) is 3.83. The predicted octanol–water partition coefficient (Wildman–Crippen LogP) is 3.50. The van der Waals surface area contributed by atoms with E-state index in [4.69, 9.17) is 5.73 Å². The third kappa shape index (κ3) is 6.05. The fourth-order valence-corrected chi connectivity index (χ4v) is 4.54. The van der Waals surface area contributed by atoms with Gasteiger partial charge in [-0.1, -0.05) is 12.5 Å². The Kier molecular flexibility index (Phi) is 9.49. The molecule has 2 unspecified atom stereocenters. The summed E-state index contributed by atoms with van der Waals surface area (Å²) in [6, 6.07) is 5.37. The molecule has 0 saturated heterocycles. The average Bonchev–Trinajstić information content (AvgIpc) is 2.54. The standard InChI is InChI=1S/C20H30FN3O.2ClH/c1-24(2)12-17-8-13(6-7-18(17)21)11-23-20(25)16-9-14-4-3-5-15(10-16)19(14)22;;/h6-8,14-16,19H,3-5,9-12,22H2,1-2H3,(H,23,25);2*1H. The van der Waals surface area contributed by atoms with Gasteiger partial charge in [0.1, 0.15) is 5.82 Å². The number of benzene rings is 1. The Bertz CT molecular complexity index is 615. The van der Waals surface area contributed by atoms with E-state index in [1.54, 1.807) is 6.07 Å². The molecular formula is C20H32Cl2FN3O. The van der Waals surface area contributed by atoms with Gasteiger partial charge in [0, 0.05) is 30.6 Å². The second-order valence-electron chi connectivity index (χ2n) is 8.08. The van der Waals surface area contributed by atoms with Crippen molar-refractivity contribution in [1.82, 2.24) is 10.2 Å². The van der Waals surface area contributed by atoms with Gasteiger partial charge in [-0.25, -0.2) is 4.39 Å². The minimum atomic E-state index is -0.196. The molecule has 2 aliphatic carbocycles. The summed E-state index contributed by atoms with van der Waals surface area (Å²) in [5.74, 6) is 1.01. The van der Waals surface area contributed by atoms with E-state index in [9.17, 15) is 9.18 Å². The summed E-state index contributed by atoms with van der Waals surface area (Å²) in [6.07, 6.45) is 5.40. The van der Waals surface area contributed by atoms with Crippen molar-refractivity contribution in [3.8, 4) is 0 Å². The molecule has 2 aliphatic rings. The van der Waals surface area contributed by atoms with Crippen molar-refractivity contribution >= 4 is 30.7 Å². The Morgan fingerprint density at radius 1 is 1.22 bits per heavy atom. The first-order valence-corrected chi connectivity index (χ1v) is 9.39. The Labute approximate surface area is 174 Å². The lowest BCUT2D eigenvalue weighted by molar-refractivity contribution is -0.128. The molecule has 27 heavy (non-hydrogen) atoms. The maximum atomic E-state index is 13.9. The van der Waals surface area contributed by atoms with Crippen LogP contribution in [0, 0.1) is 23.6 Å². The van der Waals surface area contributed by atoms with Crippen LogP contribution in [0.3, 0.4) is 0 Å². The van der Waals surface area contributed by atoms with Crippen LogP contribution in [0.1, 0.15) is 43.2 Å². The SMILES string of the molecule is CN(C)Cc1cc(CNC(=O)C2CC3CCCC(C2)C3N)ccc1F.Cl.Cl. The maximum absolute atomic E-state index is 13.9. The molecule has 154 valence electrons. The van der Waals surface area contributed by atoms with Gasteiger partial charge in [-0.2, -0.15) is 0 Å². The summed E-state index contributed by atoms with van der Waals surface area (Å²) < 4.78 is 13.9. The summed E-state index contributed by atoms with van der Waals surface area (Å²) >= 11 is 0. The van der Waals surface area contributed by atoms with E-state index < -0.39 is 0 Å². The van der Waals surface area contributed by atoms with Gasteiger partial charge >= 0.3 is 0 Å². The molecule has 1 aromatic rings. The number of carbonyl (C=O) groups excluding carboxylic acids is 1. The van der Waals surface area contributed by atoms with Gasteiger partial charge in [0.05, 0.1) is 0 Å². The number of nitrogens with two attached hydrogens (primary N) is 1. The highest BCUT2D eigenvalue weighted by Crippen LogP contribution is 2.41. The first-order valence-electron chi connectivity index (χ1n) is 9.39. The lowest BCUT2D eigenvalue weighted by Crippen LogP contribution is -2.49. The van der Waals surface area contributed by atoms with E-state index in [-0.39, 0.29) is 48.5 Å². The quantitative estimate of drug-likeness (QED) is 0.767. The fourth-order valence-electron chi connectivity index (χ4n) is 4.54. The van der Waals surface area contributed by atoms with Crippen LogP contribution in [0.4, 0.5) is 4.39 Å². The Morgan fingerprint density at radius 2 is 1.85 bits per heavy atom. The Hall–Kier alpha value is -0.880. The highest BCUT2D eigenvalue weighted by molar-refractivity contribution is 5.85. The second kappa shape index (κ2) is 10.6. The lowest BCUT2D eigenvalue weighted by atomic mass is 9.65. The van der Waals surface area contributed by atoms with Crippen LogP contribution >= 0.6 is 24.8 Å². The minimum Gasteiger partial charge on any atom is -0.352 e. The number of halogens is 3. The topological polar surface area (TPSA) is 58.4 Å². The smallest absolute Gasteiger partial charge is 0.223 e. The molecule has 0 spiro atoms. The van der Waals surface area contributed by atoms with Crippen LogP contribution in [0.5, 0.6) is 0 Å². The zero-order valence-electron chi connectivity index (χ0n) is 16.1. The van der Waals surface area contributed by atoms with Crippen molar-refractivity contribution in [2.45, 2.75) is 51.2 Å². The molecule has 7 heteroatoms. The van der Waals surface area contributed by atoms with Crippen molar-refractivity contribution in [3.05, 3.63) is 35.1 Å². The van der Waals surface area contributed by atoms with E-state index in [1.165, 1.54) is 12.5 Å². The first-order chi connectivity index (χ1) is 11.9. The largest absolute Gasteiger partial charge is 0.352 e. The molecule has 2 saturated carbocycles. The zero-order chi connectivity index (χ0) is 18.0. The predicted molar refractivity (Wildman–Crippen MR) is 112 cm³/mol. The molecule has 4 nitrogen and oxygen atoms in total. The van der Waals surface area contributed by atoms with Crippen LogP contribution in [0.15, 0.2) is 18.2 Å². The molecule has 2 fully saturated rings. The van der Waals surface area contributed by atoms with E-state index >= 15 is 0 Å². The van der Waals surface area contributed by atoms with Crippen molar-refractivity contribution in [2.24, 2.45) is 23.5 Å².